The predicted octanol–water partition coefficient (Wildman–Crippen LogP) is 1.63. The normalized spacial score (nSPS) is 16.9. The van der Waals surface area contributed by atoms with Gasteiger partial charge < -0.3 is 10.6 Å². The smallest absolute Gasteiger partial charge is 0.220 e. The Morgan fingerprint density at radius 1 is 1.44 bits per heavy atom. The highest BCUT2D eigenvalue weighted by Crippen LogP contribution is 2.29. The largest absolute Gasteiger partial charge is 0.355 e. The highest BCUT2D eigenvalue weighted by atomic mass is 32.2. The first-order chi connectivity index (χ1) is 7.65. The Kier molecular flexibility index (Phi) is 5.62. The Labute approximate surface area is 103 Å². The van der Waals surface area contributed by atoms with Crippen molar-refractivity contribution in [2.75, 3.05) is 25.9 Å². The summed E-state index contributed by atoms with van der Waals surface area (Å²) in [6.45, 7) is 7.20. The maximum absolute atomic E-state index is 11.7. The fourth-order valence-corrected chi connectivity index (χ4v) is 2.74. The molecule has 0 saturated carbocycles. The molecule has 0 atom stereocenters. The molecule has 0 radical (unpaired) electrons. The fourth-order valence-electron chi connectivity index (χ4n) is 1.95. The molecule has 2 N–H and O–H groups in total. The van der Waals surface area contributed by atoms with Crippen LogP contribution in [0.15, 0.2) is 0 Å². The average Bonchev–Trinajstić information content (AvgIpc) is 2.26. The van der Waals surface area contributed by atoms with Crippen LogP contribution in [0.4, 0.5) is 0 Å². The van der Waals surface area contributed by atoms with E-state index in [0.29, 0.717) is 12.3 Å². The molecule has 1 aliphatic rings. The van der Waals surface area contributed by atoms with Crippen molar-refractivity contribution in [1.29, 1.82) is 0 Å². The summed E-state index contributed by atoms with van der Waals surface area (Å²) in [6.07, 6.45) is 5.03. The van der Waals surface area contributed by atoms with Gasteiger partial charge in [0.05, 0.1) is 0 Å². The van der Waals surface area contributed by atoms with Crippen LogP contribution in [0.3, 0.4) is 0 Å². The molecule has 1 rings (SSSR count). The number of nitrogens with one attached hydrogen (secondary N) is 2. The molecule has 94 valence electrons. The van der Waals surface area contributed by atoms with E-state index >= 15 is 0 Å². The summed E-state index contributed by atoms with van der Waals surface area (Å²) >= 11 is 1.87. The molecule has 0 spiro atoms. The minimum atomic E-state index is 0.215. The summed E-state index contributed by atoms with van der Waals surface area (Å²) in [5, 5.41) is 6.28. The number of carbonyl (C=O) groups excluding carboxylic acids is 1. The van der Waals surface area contributed by atoms with Crippen LogP contribution in [-0.4, -0.2) is 36.5 Å². The van der Waals surface area contributed by atoms with E-state index in [9.17, 15) is 4.79 Å². The van der Waals surface area contributed by atoms with Gasteiger partial charge in [-0.3, -0.25) is 4.79 Å². The Hall–Kier alpha value is -0.220. The van der Waals surface area contributed by atoms with Crippen molar-refractivity contribution in [3.05, 3.63) is 0 Å². The summed E-state index contributed by atoms with van der Waals surface area (Å²) in [7, 11) is 0. The molecule has 0 bridgehead atoms. The molecule has 0 aliphatic carbocycles. The van der Waals surface area contributed by atoms with Gasteiger partial charge in [-0.25, -0.2) is 0 Å². The first-order valence-electron chi connectivity index (χ1n) is 6.18. The third-order valence-electron chi connectivity index (χ3n) is 3.67. The van der Waals surface area contributed by atoms with Crippen LogP contribution >= 0.6 is 11.8 Å². The van der Waals surface area contributed by atoms with Gasteiger partial charge >= 0.3 is 0 Å². The summed E-state index contributed by atoms with van der Waals surface area (Å²) < 4.78 is 0.230. The number of hydrogen-bond donors (Lipinski definition) is 2. The number of thioether (sulfide) groups is 1. The number of amides is 1. The molecule has 0 unspecified atom stereocenters. The van der Waals surface area contributed by atoms with Gasteiger partial charge in [0.1, 0.15) is 0 Å². The molecule has 1 amide bonds. The van der Waals surface area contributed by atoms with Crippen molar-refractivity contribution in [3.8, 4) is 0 Å². The molecular formula is C12H24N2OS. The third-order valence-corrected chi connectivity index (χ3v) is 5.26. The summed E-state index contributed by atoms with van der Waals surface area (Å²) in [5.74, 6) is 0.777. The van der Waals surface area contributed by atoms with Crippen molar-refractivity contribution < 1.29 is 4.79 Å². The highest BCUT2D eigenvalue weighted by molar-refractivity contribution is 8.00. The lowest BCUT2D eigenvalue weighted by molar-refractivity contribution is -0.122. The van der Waals surface area contributed by atoms with E-state index in [-0.39, 0.29) is 10.7 Å². The molecule has 1 fully saturated rings. The highest BCUT2D eigenvalue weighted by Gasteiger charge is 2.26. The van der Waals surface area contributed by atoms with E-state index in [0.717, 1.165) is 32.5 Å². The standard InChI is InChI=1S/C12H24N2OS/c1-4-12(5-2,16-3)9-14-11(15)6-10-7-13-8-10/h10,13H,4-9H2,1-3H3,(H,14,15). The van der Waals surface area contributed by atoms with Crippen LogP contribution in [0.5, 0.6) is 0 Å². The minimum absolute atomic E-state index is 0.215. The van der Waals surface area contributed by atoms with Crippen molar-refractivity contribution >= 4 is 17.7 Å². The maximum atomic E-state index is 11.7. The van der Waals surface area contributed by atoms with Gasteiger partial charge in [0.25, 0.3) is 0 Å². The van der Waals surface area contributed by atoms with Crippen molar-refractivity contribution in [2.45, 2.75) is 37.9 Å². The van der Waals surface area contributed by atoms with Crippen LogP contribution in [0.25, 0.3) is 0 Å². The molecule has 1 saturated heterocycles. The zero-order chi connectivity index (χ0) is 12.0. The van der Waals surface area contributed by atoms with E-state index in [2.05, 4.69) is 30.7 Å². The maximum Gasteiger partial charge on any atom is 0.220 e. The Morgan fingerprint density at radius 2 is 2.06 bits per heavy atom. The van der Waals surface area contributed by atoms with Crippen LogP contribution in [0.2, 0.25) is 0 Å². The zero-order valence-electron chi connectivity index (χ0n) is 10.6. The average molecular weight is 244 g/mol. The van der Waals surface area contributed by atoms with Gasteiger partial charge in [-0.15, -0.1) is 0 Å². The van der Waals surface area contributed by atoms with Gasteiger partial charge in [0.2, 0.25) is 5.91 Å². The number of hydrogen-bond acceptors (Lipinski definition) is 3. The molecular weight excluding hydrogens is 220 g/mol. The van der Waals surface area contributed by atoms with Crippen LogP contribution in [0.1, 0.15) is 33.1 Å². The Morgan fingerprint density at radius 3 is 2.44 bits per heavy atom. The van der Waals surface area contributed by atoms with Crippen LogP contribution in [-0.2, 0) is 4.79 Å². The van der Waals surface area contributed by atoms with E-state index in [1.54, 1.807) is 0 Å². The van der Waals surface area contributed by atoms with Crippen LogP contribution < -0.4 is 10.6 Å². The second-order valence-electron chi connectivity index (χ2n) is 4.60. The number of carbonyl (C=O) groups is 1. The van der Waals surface area contributed by atoms with E-state index in [1.165, 1.54) is 0 Å². The third kappa shape index (κ3) is 3.67. The lowest BCUT2D eigenvalue weighted by Gasteiger charge is -2.31. The monoisotopic (exact) mass is 244 g/mol. The van der Waals surface area contributed by atoms with E-state index in [4.69, 9.17) is 0 Å². The first kappa shape index (κ1) is 13.8. The topological polar surface area (TPSA) is 41.1 Å². The first-order valence-corrected chi connectivity index (χ1v) is 7.41. The SMILES string of the molecule is CCC(CC)(CNC(=O)CC1CNC1)SC. The lowest BCUT2D eigenvalue weighted by Crippen LogP contribution is -2.46. The number of rotatable bonds is 7. The van der Waals surface area contributed by atoms with Crippen molar-refractivity contribution in [3.63, 3.8) is 0 Å². The van der Waals surface area contributed by atoms with Gasteiger partial charge in [-0.2, -0.15) is 11.8 Å². The molecule has 0 aromatic rings. The minimum Gasteiger partial charge on any atom is -0.355 e. The molecule has 0 aromatic heterocycles. The molecule has 0 aromatic carbocycles. The van der Waals surface area contributed by atoms with E-state index in [1.807, 2.05) is 11.8 Å². The second kappa shape index (κ2) is 6.50. The van der Waals surface area contributed by atoms with Gasteiger partial charge in [0, 0.05) is 17.7 Å². The quantitative estimate of drug-likeness (QED) is 0.715. The summed E-state index contributed by atoms with van der Waals surface area (Å²) in [4.78, 5) is 11.7. The molecule has 1 aliphatic heterocycles. The zero-order valence-corrected chi connectivity index (χ0v) is 11.5. The van der Waals surface area contributed by atoms with Crippen molar-refractivity contribution in [1.82, 2.24) is 10.6 Å². The summed E-state index contributed by atoms with van der Waals surface area (Å²) in [5.41, 5.74) is 0. The molecule has 4 heteroatoms. The lowest BCUT2D eigenvalue weighted by atomic mass is 9.98. The van der Waals surface area contributed by atoms with Gasteiger partial charge in [-0.1, -0.05) is 13.8 Å². The second-order valence-corrected chi connectivity index (χ2v) is 5.87. The Balaban J connectivity index is 2.27. The van der Waals surface area contributed by atoms with E-state index < -0.39 is 0 Å². The van der Waals surface area contributed by atoms with Crippen molar-refractivity contribution in [2.24, 2.45) is 5.92 Å². The summed E-state index contributed by atoms with van der Waals surface area (Å²) in [6, 6.07) is 0. The molecule has 16 heavy (non-hydrogen) atoms. The predicted molar refractivity (Wildman–Crippen MR) is 70.8 cm³/mol. The Bertz CT molecular complexity index is 217. The molecule has 1 heterocycles. The van der Waals surface area contributed by atoms with Gasteiger partial charge in [0.15, 0.2) is 0 Å². The van der Waals surface area contributed by atoms with Crippen LogP contribution in [0, 0.1) is 5.92 Å². The molecule has 3 nitrogen and oxygen atoms in total. The fraction of sp³-hybridized carbons (Fsp3) is 0.917. The van der Waals surface area contributed by atoms with Gasteiger partial charge in [-0.05, 0) is 38.1 Å².